The standard InChI is InChI=1S/C12H23N/c1-9-6-7-11(8-9)13-12-5-3-4-10(12)2/h9-13H,3-8H2,1-2H3. The van der Waals surface area contributed by atoms with Crippen molar-refractivity contribution >= 4 is 0 Å². The lowest BCUT2D eigenvalue weighted by molar-refractivity contribution is 0.368. The van der Waals surface area contributed by atoms with E-state index in [1.807, 2.05) is 0 Å². The molecule has 0 radical (unpaired) electrons. The second kappa shape index (κ2) is 4.00. The number of hydrogen-bond donors (Lipinski definition) is 1. The highest BCUT2D eigenvalue weighted by molar-refractivity contribution is 4.86. The van der Waals surface area contributed by atoms with Gasteiger partial charge in [0.25, 0.3) is 0 Å². The molecule has 1 N–H and O–H groups in total. The SMILES string of the molecule is CC1CCC(NC2CCCC2C)C1. The van der Waals surface area contributed by atoms with Gasteiger partial charge in [0.05, 0.1) is 0 Å². The third kappa shape index (κ3) is 2.25. The van der Waals surface area contributed by atoms with Crippen LogP contribution in [0.3, 0.4) is 0 Å². The Hall–Kier alpha value is -0.0400. The topological polar surface area (TPSA) is 12.0 Å². The van der Waals surface area contributed by atoms with Gasteiger partial charge in [-0.3, -0.25) is 0 Å². The van der Waals surface area contributed by atoms with Crippen molar-refractivity contribution in [2.45, 2.75) is 64.5 Å². The molecule has 76 valence electrons. The summed E-state index contributed by atoms with van der Waals surface area (Å²) in [6.07, 6.45) is 8.60. The summed E-state index contributed by atoms with van der Waals surface area (Å²) >= 11 is 0. The summed E-state index contributed by atoms with van der Waals surface area (Å²) in [6, 6.07) is 1.69. The second-order valence-electron chi connectivity index (χ2n) is 5.30. The fourth-order valence-corrected chi connectivity index (χ4v) is 3.05. The largest absolute Gasteiger partial charge is 0.311 e. The van der Waals surface area contributed by atoms with Gasteiger partial charge in [-0.05, 0) is 43.9 Å². The van der Waals surface area contributed by atoms with Gasteiger partial charge in [-0.2, -0.15) is 0 Å². The van der Waals surface area contributed by atoms with Gasteiger partial charge < -0.3 is 5.32 Å². The monoisotopic (exact) mass is 181 g/mol. The summed E-state index contributed by atoms with van der Waals surface area (Å²) in [5.41, 5.74) is 0. The number of nitrogens with one attached hydrogen (secondary N) is 1. The Balaban J connectivity index is 1.77. The van der Waals surface area contributed by atoms with Crippen molar-refractivity contribution in [1.82, 2.24) is 5.32 Å². The van der Waals surface area contributed by atoms with Gasteiger partial charge in [0, 0.05) is 12.1 Å². The van der Waals surface area contributed by atoms with Crippen LogP contribution in [0.5, 0.6) is 0 Å². The van der Waals surface area contributed by atoms with Gasteiger partial charge in [0.2, 0.25) is 0 Å². The maximum atomic E-state index is 3.86. The molecule has 0 bridgehead atoms. The first-order valence-corrected chi connectivity index (χ1v) is 6.01. The predicted octanol–water partition coefficient (Wildman–Crippen LogP) is 2.95. The Labute approximate surface area is 82.3 Å². The van der Waals surface area contributed by atoms with Crippen molar-refractivity contribution in [3.63, 3.8) is 0 Å². The maximum absolute atomic E-state index is 3.86. The molecule has 2 rings (SSSR count). The molecule has 4 unspecified atom stereocenters. The van der Waals surface area contributed by atoms with E-state index in [1.165, 1.54) is 38.5 Å². The zero-order valence-electron chi connectivity index (χ0n) is 9.05. The lowest BCUT2D eigenvalue weighted by atomic mass is 10.0. The molecule has 4 atom stereocenters. The second-order valence-corrected chi connectivity index (χ2v) is 5.30. The molecule has 0 aromatic carbocycles. The van der Waals surface area contributed by atoms with Crippen LogP contribution < -0.4 is 5.32 Å². The smallest absolute Gasteiger partial charge is 0.00952 e. The van der Waals surface area contributed by atoms with Crippen LogP contribution in [0.4, 0.5) is 0 Å². The summed E-state index contributed by atoms with van der Waals surface area (Å²) in [6.45, 7) is 4.79. The summed E-state index contributed by atoms with van der Waals surface area (Å²) < 4.78 is 0. The molecule has 2 saturated carbocycles. The molecule has 0 heterocycles. The highest BCUT2D eigenvalue weighted by atomic mass is 15.0. The van der Waals surface area contributed by atoms with Gasteiger partial charge in [0.1, 0.15) is 0 Å². The van der Waals surface area contributed by atoms with Crippen LogP contribution in [0, 0.1) is 11.8 Å². The van der Waals surface area contributed by atoms with Crippen LogP contribution in [-0.2, 0) is 0 Å². The minimum atomic E-state index is 0.843. The van der Waals surface area contributed by atoms with Crippen molar-refractivity contribution in [2.75, 3.05) is 0 Å². The molecule has 0 aromatic heterocycles. The Morgan fingerprint density at radius 1 is 1.00 bits per heavy atom. The highest BCUT2D eigenvalue weighted by Gasteiger charge is 2.28. The number of rotatable bonds is 2. The molecule has 2 fully saturated rings. The van der Waals surface area contributed by atoms with Crippen LogP contribution in [0.25, 0.3) is 0 Å². The normalized spacial score (nSPS) is 45.7. The van der Waals surface area contributed by atoms with Gasteiger partial charge in [-0.25, -0.2) is 0 Å². The van der Waals surface area contributed by atoms with E-state index in [-0.39, 0.29) is 0 Å². The number of hydrogen-bond acceptors (Lipinski definition) is 1. The summed E-state index contributed by atoms with van der Waals surface area (Å²) in [5.74, 6) is 1.89. The van der Waals surface area contributed by atoms with Gasteiger partial charge in [-0.1, -0.05) is 20.3 Å². The van der Waals surface area contributed by atoms with Gasteiger partial charge in [-0.15, -0.1) is 0 Å². The molecular weight excluding hydrogens is 158 g/mol. The minimum absolute atomic E-state index is 0.843. The van der Waals surface area contributed by atoms with E-state index in [0.29, 0.717) is 0 Å². The van der Waals surface area contributed by atoms with E-state index in [1.54, 1.807) is 0 Å². The van der Waals surface area contributed by atoms with Crippen molar-refractivity contribution in [2.24, 2.45) is 11.8 Å². The van der Waals surface area contributed by atoms with Crippen LogP contribution in [0.15, 0.2) is 0 Å². The summed E-state index contributed by atoms with van der Waals surface area (Å²) in [7, 11) is 0. The maximum Gasteiger partial charge on any atom is 0.00952 e. The first kappa shape index (κ1) is 9.51. The molecule has 1 heteroatoms. The van der Waals surface area contributed by atoms with Crippen molar-refractivity contribution in [3.05, 3.63) is 0 Å². The average molecular weight is 181 g/mol. The van der Waals surface area contributed by atoms with E-state index in [9.17, 15) is 0 Å². The predicted molar refractivity (Wildman–Crippen MR) is 56.7 cm³/mol. The molecule has 0 aliphatic heterocycles. The molecule has 0 saturated heterocycles. The van der Waals surface area contributed by atoms with Gasteiger partial charge >= 0.3 is 0 Å². The highest BCUT2D eigenvalue weighted by Crippen LogP contribution is 2.29. The quantitative estimate of drug-likeness (QED) is 0.690. The van der Waals surface area contributed by atoms with Gasteiger partial charge in [0.15, 0.2) is 0 Å². The Bertz CT molecular complexity index is 167. The van der Waals surface area contributed by atoms with Crippen LogP contribution in [-0.4, -0.2) is 12.1 Å². The summed E-state index contributed by atoms with van der Waals surface area (Å²) in [5, 5.41) is 3.86. The molecule has 0 aromatic rings. The zero-order chi connectivity index (χ0) is 9.26. The molecule has 1 nitrogen and oxygen atoms in total. The first-order valence-electron chi connectivity index (χ1n) is 6.01. The van der Waals surface area contributed by atoms with Crippen LogP contribution in [0.2, 0.25) is 0 Å². The molecular formula is C12H23N. The molecule has 2 aliphatic rings. The van der Waals surface area contributed by atoms with E-state index in [4.69, 9.17) is 0 Å². The Morgan fingerprint density at radius 3 is 2.38 bits per heavy atom. The lowest BCUT2D eigenvalue weighted by Crippen LogP contribution is -2.38. The molecule has 2 aliphatic carbocycles. The lowest BCUT2D eigenvalue weighted by Gasteiger charge is -2.22. The van der Waals surface area contributed by atoms with Crippen LogP contribution in [0.1, 0.15) is 52.4 Å². The van der Waals surface area contributed by atoms with E-state index >= 15 is 0 Å². The van der Waals surface area contributed by atoms with E-state index < -0.39 is 0 Å². The fraction of sp³-hybridized carbons (Fsp3) is 1.00. The molecule has 0 amide bonds. The third-order valence-electron chi connectivity index (χ3n) is 4.01. The van der Waals surface area contributed by atoms with E-state index in [2.05, 4.69) is 19.2 Å². The Kier molecular flexibility index (Phi) is 2.92. The van der Waals surface area contributed by atoms with Crippen molar-refractivity contribution in [3.8, 4) is 0 Å². The molecule has 13 heavy (non-hydrogen) atoms. The first-order chi connectivity index (χ1) is 6.25. The average Bonchev–Trinajstić information content (AvgIpc) is 2.64. The third-order valence-corrected chi connectivity index (χ3v) is 4.01. The minimum Gasteiger partial charge on any atom is -0.311 e. The fourth-order valence-electron chi connectivity index (χ4n) is 3.05. The zero-order valence-corrected chi connectivity index (χ0v) is 9.05. The van der Waals surface area contributed by atoms with Crippen LogP contribution >= 0.6 is 0 Å². The summed E-state index contributed by atoms with van der Waals surface area (Å²) in [4.78, 5) is 0. The molecule has 0 spiro atoms. The Morgan fingerprint density at radius 2 is 1.85 bits per heavy atom. The van der Waals surface area contributed by atoms with E-state index in [0.717, 1.165) is 23.9 Å². The van der Waals surface area contributed by atoms with Crippen molar-refractivity contribution < 1.29 is 0 Å². The van der Waals surface area contributed by atoms with Crippen molar-refractivity contribution in [1.29, 1.82) is 0 Å².